The minimum absolute atomic E-state index is 0.164. The number of rotatable bonds is 11. The summed E-state index contributed by atoms with van der Waals surface area (Å²) in [6, 6.07) is 0. The van der Waals surface area contributed by atoms with Gasteiger partial charge in [0.2, 0.25) is 0 Å². The maximum atomic E-state index is 11.4. The first-order valence-electron chi connectivity index (χ1n) is 8.01. The summed E-state index contributed by atoms with van der Waals surface area (Å²) in [5.41, 5.74) is -0.164. The largest absolute Gasteiger partial charge is 0.303 e. The van der Waals surface area contributed by atoms with Crippen LogP contribution in [0.5, 0.6) is 0 Å². The van der Waals surface area contributed by atoms with Crippen molar-refractivity contribution in [2.75, 3.05) is 19.6 Å². The molecule has 0 aliphatic carbocycles. The van der Waals surface area contributed by atoms with Crippen LogP contribution in [0.25, 0.3) is 0 Å². The van der Waals surface area contributed by atoms with E-state index in [1.807, 2.05) is 0 Å². The molecule has 2 heteroatoms. The van der Waals surface area contributed by atoms with Crippen LogP contribution in [0.2, 0.25) is 0 Å². The van der Waals surface area contributed by atoms with Gasteiger partial charge >= 0.3 is 0 Å². The quantitative estimate of drug-likeness (QED) is 0.519. The molecule has 0 aromatic rings. The van der Waals surface area contributed by atoms with Crippen molar-refractivity contribution in [3.05, 3.63) is 0 Å². The van der Waals surface area contributed by atoms with Crippen LogP contribution in [0.15, 0.2) is 0 Å². The highest BCUT2D eigenvalue weighted by Gasteiger charge is 2.25. The molecule has 114 valence electrons. The first kappa shape index (κ1) is 18.6. The van der Waals surface area contributed by atoms with Crippen LogP contribution < -0.4 is 0 Å². The number of carbonyl (C=O) groups is 1. The molecule has 2 nitrogen and oxygen atoms in total. The fourth-order valence-electron chi connectivity index (χ4n) is 2.41. The van der Waals surface area contributed by atoms with E-state index in [1.54, 1.807) is 0 Å². The Morgan fingerprint density at radius 1 is 1.05 bits per heavy atom. The lowest BCUT2D eigenvalue weighted by molar-refractivity contribution is -0.116. The smallest absolute Gasteiger partial charge is 0.127 e. The lowest BCUT2D eigenvalue weighted by atomic mass is 9.86. The molecular weight excluding hydrogens is 234 g/mol. The van der Waals surface area contributed by atoms with Gasteiger partial charge in [-0.15, -0.1) is 0 Å². The Kier molecular flexibility index (Phi) is 9.34. The SMILES string of the molecule is CCCC(C)(C=O)CN(CCC(C)C)CCC(C)C. The van der Waals surface area contributed by atoms with Crippen molar-refractivity contribution in [1.82, 2.24) is 4.90 Å². The summed E-state index contributed by atoms with van der Waals surface area (Å²) in [6.45, 7) is 16.5. The molecule has 0 heterocycles. The van der Waals surface area contributed by atoms with Gasteiger partial charge in [-0.1, -0.05) is 48.0 Å². The van der Waals surface area contributed by atoms with Crippen LogP contribution in [0, 0.1) is 17.3 Å². The van der Waals surface area contributed by atoms with Gasteiger partial charge in [-0.3, -0.25) is 0 Å². The minimum atomic E-state index is -0.164. The molecule has 0 saturated carbocycles. The Morgan fingerprint density at radius 3 is 1.84 bits per heavy atom. The Bertz CT molecular complexity index is 225. The highest BCUT2D eigenvalue weighted by molar-refractivity contribution is 5.58. The number of nitrogens with zero attached hydrogens (tertiary/aromatic N) is 1. The molecule has 0 aliphatic rings. The Hall–Kier alpha value is -0.370. The maximum absolute atomic E-state index is 11.4. The monoisotopic (exact) mass is 269 g/mol. The molecule has 0 bridgehead atoms. The van der Waals surface area contributed by atoms with Crippen LogP contribution in [0.1, 0.15) is 67.2 Å². The van der Waals surface area contributed by atoms with Crippen molar-refractivity contribution in [3.8, 4) is 0 Å². The third-order valence-corrected chi connectivity index (χ3v) is 3.74. The molecule has 0 aromatic heterocycles. The van der Waals surface area contributed by atoms with E-state index in [0.717, 1.165) is 44.3 Å². The van der Waals surface area contributed by atoms with Gasteiger partial charge in [-0.05, 0) is 44.2 Å². The zero-order chi connectivity index (χ0) is 14.9. The van der Waals surface area contributed by atoms with E-state index in [2.05, 4.69) is 46.4 Å². The lowest BCUT2D eigenvalue weighted by Crippen LogP contribution is -2.39. The van der Waals surface area contributed by atoms with Crippen molar-refractivity contribution in [1.29, 1.82) is 0 Å². The topological polar surface area (TPSA) is 20.3 Å². The average molecular weight is 269 g/mol. The first-order chi connectivity index (χ1) is 8.83. The van der Waals surface area contributed by atoms with E-state index >= 15 is 0 Å². The standard InChI is InChI=1S/C17H35NO/c1-7-10-17(6,14-19)13-18(11-8-15(2)3)12-9-16(4)5/h14-16H,7-13H2,1-6H3. The number of aldehydes is 1. The zero-order valence-corrected chi connectivity index (χ0v) is 14.0. The van der Waals surface area contributed by atoms with Gasteiger partial charge in [0.15, 0.2) is 0 Å². The molecule has 0 aromatic carbocycles. The van der Waals surface area contributed by atoms with Gasteiger partial charge in [-0.2, -0.15) is 0 Å². The zero-order valence-electron chi connectivity index (χ0n) is 14.0. The summed E-state index contributed by atoms with van der Waals surface area (Å²) < 4.78 is 0. The fourth-order valence-corrected chi connectivity index (χ4v) is 2.41. The normalized spacial score (nSPS) is 15.2. The number of carbonyl (C=O) groups excluding carboxylic acids is 1. The molecule has 0 spiro atoms. The summed E-state index contributed by atoms with van der Waals surface area (Å²) in [5, 5.41) is 0. The lowest BCUT2D eigenvalue weighted by Gasteiger charge is -2.32. The molecule has 0 rings (SSSR count). The van der Waals surface area contributed by atoms with E-state index in [9.17, 15) is 4.79 Å². The Labute approximate surface area is 120 Å². The van der Waals surface area contributed by atoms with Crippen molar-refractivity contribution in [2.24, 2.45) is 17.3 Å². The summed E-state index contributed by atoms with van der Waals surface area (Å²) in [6.07, 6.45) is 5.69. The Morgan fingerprint density at radius 2 is 1.53 bits per heavy atom. The summed E-state index contributed by atoms with van der Waals surface area (Å²) in [4.78, 5) is 13.9. The van der Waals surface area contributed by atoms with Crippen LogP contribution in [-0.4, -0.2) is 30.8 Å². The first-order valence-corrected chi connectivity index (χ1v) is 8.01. The molecule has 0 amide bonds. The fraction of sp³-hybridized carbons (Fsp3) is 0.941. The molecule has 19 heavy (non-hydrogen) atoms. The van der Waals surface area contributed by atoms with E-state index in [1.165, 1.54) is 19.1 Å². The number of hydrogen-bond donors (Lipinski definition) is 0. The van der Waals surface area contributed by atoms with Gasteiger partial charge in [0.1, 0.15) is 6.29 Å². The molecule has 0 aliphatic heterocycles. The maximum Gasteiger partial charge on any atom is 0.127 e. The van der Waals surface area contributed by atoms with Gasteiger partial charge in [0, 0.05) is 12.0 Å². The summed E-state index contributed by atoms with van der Waals surface area (Å²) >= 11 is 0. The summed E-state index contributed by atoms with van der Waals surface area (Å²) in [7, 11) is 0. The van der Waals surface area contributed by atoms with Crippen LogP contribution in [0.3, 0.4) is 0 Å². The third kappa shape index (κ3) is 9.21. The van der Waals surface area contributed by atoms with E-state index < -0.39 is 0 Å². The van der Waals surface area contributed by atoms with Crippen molar-refractivity contribution < 1.29 is 4.79 Å². The van der Waals surface area contributed by atoms with Gasteiger partial charge < -0.3 is 9.69 Å². The van der Waals surface area contributed by atoms with E-state index in [4.69, 9.17) is 0 Å². The highest BCUT2D eigenvalue weighted by Crippen LogP contribution is 2.23. The second-order valence-electron chi connectivity index (χ2n) is 7.16. The van der Waals surface area contributed by atoms with Crippen LogP contribution >= 0.6 is 0 Å². The van der Waals surface area contributed by atoms with Crippen molar-refractivity contribution in [2.45, 2.75) is 67.2 Å². The molecule has 0 saturated heterocycles. The highest BCUT2D eigenvalue weighted by atomic mass is 16.1. The van der Waals surface area contributed by atoms with E-state index in [-0.39, 0.29) is 5.41 Å². The predicted octanol–water partition coefficient (Wildman–Crippen LogP) is 4.39. The van der Waals surface area contributed by atoms with Crippen LogP contribution in [0.4, 0.5) is 0 Å². The summed E-state index contributed by atoms with van der Waals surface area (Å²) in [5.74, 6) is 1.46. The third-order valence-electron chi connectivity index (χ3n) is 3.74. The van der Waals surface area contributed by atoms with Crippen molar-refractivity contribution in [3.63, 3.8) is 0 Å². The predicted molar refractivity (Wildman–Crippen MR) is 84.4 cm³/mol. The van der Waals surface area contributed by atoms with Crippen LogP contribution in [-0.2, 0) is 4.79 Å². The van der Waals surface area contributed by atoms with Crippen molar-refractivity contribution >= 4 is 6.29 Å². The minimum Gasteiger partial charge on any atom is -0.303 e. The Balaban J connectivity index is 4.48. The van der Waals surface area contributed by atoms with Gasteiger partial charge in [-0.25, -0.2) is 0 Å². The molecule has 1 atom stereocenters. The molecule has 0 fully saturated rings. The van der Waals surface area contributed by atoms with Gasteiger partial charge in [0.25, 0.3) is 0 Å². The second-order valence-corrected chi connectivity index (χ2v) is 7.16. The average Bonchev–Trinajstić information content (AvgIpc) is 2.32. The second kappa shape index (κ2) is 9.52. The molecular formula is C17H35NO. The number of hydrogen-bond acceptors (Lipinski definition) is 2. The molecule has 0 radical (unpaired) electrons. The molecule has 0 N–H and O–H groups in total. The molecule has 1 unspecified atom stereocenters. The van der Waals surface area contributed by atoms with Gasteiger partial charge in [0.05, 0.1) is 0 Å². The van der Waals surface area contributed by atoms with E-state index in [0.29, 0.717) is 0 Å².